The fourth-order valence-corrected chi connectivity index (χ4v) is 5.52. The monoisotopic (exact) mass is 500 g/mol. The molecule has 0 spiro atoms. The van der Waals surface area contributed by atoms with Gasteiger partial charge in [0.05, 0.1) is 21.5 Å². The highest BCUT2D eigenvalue weighted by Crippen LogP contribution is 2.41. The number of ketones is 1. The molecule has 0 saturated heterocycles. The molecule has 8 heteroatoms. The number of halogens is 1. The van der Waals surface area contributed by atoms with Gasteiger partial charge in [-0.1, -0.05) is 32.4 Å². The van der Waals surface area contributed by atoms with E-state index in [1.54, 1.807) is 30.5 Å². The second-order valence-electron chi connectivity index (χ2n) is 9.01. The van der Waals surface area contributed by atoms with E-state index in [1.807, 2.05) is 18.2 Å². The first-order valence-corrected chi connectivity index (χ1v) is 12.6. The molecule has 2 aromatic heterocycles. The second-order valence-corrected chi connectivity index (χ2v) is 11.6. The summed E-state index contributed by atoms with van der Waals surface area (Å²) in [5.74, 6) is 0.539. The number of nitrogens with zero attached hydrogens (tertiary/aromatic N) is 1. The molecule has 1 amide bonds. The van der Waals surface area contributed by atoms with Gasteiger partial charge in [-0.05, 0) is 42.8 Å². The van der Waals surface area contributed by atoms with Gasteiger partial charge < -0.3 is 10.1 Å². The number of hydrogen-bond donors (Lipinski definition) is 1. The zero-order chi connectivity index (χ0) is 23.8. The van der Waals surface area contributed by atoms with Gasteiger partial charge in [-0.25, -0.2) is 4.98 Å². The normalized spacial score (nSPS) is 15.5. The molecule has 3 aromatic rings. The van der Waals surface area contributed by atoms with Gasteiger partial charge in [-0.3, -0.25) is 9.59 Å². The van der Waals surface area contributed by atoms with Crippen LogP contribution in [-0.4, -0.2) is 29.3 Å². The van der Waals surface area contributed by atoms with Crippen LogP contribution in [0, 0.1) is 0 Å². The van der Waals surface area contributed by atoms with Crippen molar-refractivity contribution < 1.29 is 14.3 Å². The topological polar surface area (TPSA) is 68.3 Å². The van der Waals surface area contributed by atoms with Gasteiger partial charge in [-0.15, -0.1) is 22.7 Å². The summed E-state index contributed by atoms with van der Waals surface area (Å²) in [6.07, 6.45) is 5.57. The maximum atomic E-state index is 12.3. The third kappa shape index (κ3) is 5.54. The Hall–Kier alpha value is -2.48. The molecule has 0 aliphatic carbocycles. The maximum absolute atomic E-state index is 12.3. The number of amides is 1. The van der Waals surface area contributed by atoms with Crippen LogP contribution < -0.4 is 10.1 Å². The van der Waals surface area contributed by atoms with E-state index in [1.165, 1.54) is 17.4 Å². The number of rotatable bonds is 6. The van der Waals surface area contributed by atoms with Crippen LogP contribution in [0.5, 0.6) is 5.75 Å². The molecule has 0 radical (unpaired) electrons. The number of ether oxygens (including phenoxy) is 1. The molecule has 4 rings (SSSR count). The van der Waals surface area contributed by atoms with Crippen molar-refractivity contribution in [2.75, 3.05) is 6.54 Å². The summed E-state index contributed by atoms with van der Waals surface area (Å²) in [6.45, 7) is 8.29. The number of benzene rings is 1. The second kappa shape index (κ2) is 9.41. The van der Waals surface area contributed by atoms with Gasteiger partial charge in [0.1, 0.15) is 11.9 Å². The fourth-order valence-electron chi connectivity index (χ4n) is 3.47. The molecule has 1 aliphatic heterocycles. The summed E-state index contributed by atoms with van der Waals surface area (Å²) in [4.78, 5) is 31.0. The molecule has 1 atom stereocenters. The average Bonchev–Trinajstić information content (AvgIpc) is 3.49. The summed E-state index contributed by atoms with van der Waals surface area (Å²) in [6, 6.07) is 7.69. The van der Waals surface area contributed by atoms with Crippen molar-refractivity contribution in [3.63, 3.8) is 0 Å². The summed E-state index contributed by atoms with van der Waals surface area (Å²) in [7, 11) is 0. The number of nitrogens with one attached hydrogen (secondary N) is 1. The van der Waals surface area contributed by atoms with Crippen molar-refractivity contribution in [2.24, 2.45) is 0 Å². The summed E-state index contributed by atoms with van der Waals surface area (Å²) in [5, 5.41) is 4.48. The van der Waals surface area contributed by atoms with Gasteiger partial charge >= 0.3 is 0 Å². The minimum atomic E-state index is -0.183. The third-order valence-electron chi connectivity index (χ3n) is 5.16. The van der Waals surface area contributed by atoms with E-state index in [0.717, 1.165) is 30.8 Å². The lowest BCUT2D eigenvalue weighted by Gasteiger charge is -2.13. The Labute approximate surface area is 206 Å². The van der Waals surface area contributed by atoms with E-state index in [2.05, 4.69) is 37.1 Å². The van der Waals surface area contributed by atoms with E-state index in [4.69, 9.17) is 16.3 Å². The van der Waals surface area contributed by atoms with E-state index in [9.17, 15) is 9.59 Å². The molecule has 0 bridgehead atoms. The number of Topliss-reactive ketones (excluding diaryl/α,β-unsaturated/α-hetero) is 1. The molecular formula is C25H25ClN2O3S2. The summed E-state index contributed by atoms with van der Waals surface area (Å²) in [5.41, 5.74) is 1.96. The van der Waals surface area contributed by atoms with E-state index in [-0.39, 0.29) is 23.2 Å². The van der Waals surface area contributed by atoms with Crippen LogP contribution in [0.1, 0.15) is 52.8 Å². The highest BCUT2D eigenvalue weighted by molar-refractivity contribution is 7.17. The highest BCUT2D eigenvalue weighted by atomic mass is 35.5. The Balaban J connectivity index is 1.36. The van der Waals surface area contributed by atoms with Gasteiger partial charge in [0.15, 0.2) is 5.78 Å². The quantitative estimate of drug-likeness (QED) is 0.325. The van der Waals surface area contributed by atoms with Crippen molar-refractivity contribution in [1.82, 2.24) is 10.3 Å². The lowest BCUT2D eigenvalue weighted by atomic mass is 9.98. The average molecular weight is 501 g/mol. The number of hydrogen-bond acceptors (Lipinski definition) is 6. The first-order chi connectivity index (χ1) is 15.6. The van der Waals surface area contributed by atoms with Crippen LogP contribution in [0.3, 0.4) is 0 Å². The Morgan fingerprint density at radius 3 is 2.73 bits per heavy atom. The number of fused-ring (bicyclic) bond motifs is 1. The SMILES string of the molecule is CC(=O)c1ccc(-c2cc(Cl)c3c(c2)CC(CNC(=O)/C=C/c2cnc(C(C)(C)C)s2)O3)s1. The summed E-state index contributed by atoms with van der Waals surface area (Å²) < 4.78 is 6.00. The van der Waals surface area contributed by atoms with Crippen molar-refractivity contribution in [3.05, 3.63) is 61.9 Å². The van der Waals surface area contributed by atoms with Crippen LogP contribution in [0.2, 0.25) is 5.02 Å². The smallest absolute Gasteiger partial charge is 0.244 e. The lowest BCUT2D eigenvalue weighted by Crippen LogP contribution is -2.33. The molecule has 0 fully saturated rings. The Morgan fingerprint density at radius 1 is 1.27 bits per heavy atom. The van der Waals surface area contributed by atoms with Crippen molar-refractivity contribution >= 4 is 52.0 Å². The van der Waals surface area contributed by atoms with Gasteiger partial charge in [-0.2, -0.15) is 0 Å². The molecule has 0 saturated carbocycles. The number of thiazole rings is 1. The predicted molar refractivity (Wildman–Crippen MR) is 136 cm³/mol. The van der Waals surface area contributed by atoms with E-state index >= 15 is 0 Å². The van der Waals surface area contributed by atoms with Crippen molar-refractivity contribution in [3.8, 4) is 16.2 Å². The largest absolute Gasteiger partial charge is 0.486 e. The maximum Gasteiger partial charge on any atom is 0.244 e. The molecule has 3 heterocycles. The Kier molecular flexibility index (Phi) is 6.75. The minimum Gasteiger partial charge on any atom is -0.486 e. The van der Waals surface area contributed by atoms with Crippen LogP contribution >= 0.6 is 34.3 Å². The third-order valence-corrected chi connectivity index (χ3v) is 8.06. The number of thiophene rings is 1. The first kappa shape index (κ1) is 23.7. The zero-order valence-corrected chi connectivity index (χ0v) is 21.3. The standard InChI is InChI=1S/C25H25ClN2O3S2/c1-14(29)20-6-7-21(33-20)15-9-16-10-17(31-23(16)19(26)11-15)12-27-22(30)8-5-18-13-28-24(32-18)25(2,3)4/h5-9,11,13,17H,10,12H2,1-4H3,(H,27,30)/b8-5+. The fraction of sp³-hybridized carbons (Fsp3) is 0.320. The van der Waals surface area contributed by atoms with Crippen molar-refractivity contribution in [2.45, 2.75) is 45.6 Å². The number of carbonyl (C=O) groups excluding carboxylic acids is 2. The Bertz CT molecular complexity index is 1240. The predicted octanol–water partition coefficient (Wildman–Crippen LogP) is 6.16. The van der Waals surface area contributed by atoms with Crippen molar-refractivity contribution in [1.29, 1.82) is 0 Å². The van der Waals surface area contributed by atoms with E-state index < -0.39 is 0 Å². The number of carbonyl (C=O) groups is 2. The minimum absolute atomic E-state index is 0.00576. The van der Waals surface area contributed by atoms with Crippen LogP contribution in [0.25, 0.3) is 16.5 Å². The molecule has 5 nitrogen and oxygen atoms in total. The molecule has 172 valence electrons. The van der Waals surface area contributed by atoms with Gasteiger partial charge in [0.25, 0.3) is 0 Å². The van der Waals surface area contributed by atoms with Gasteiger partial charge in [0.2, 0.25) is 5.91 Å². The first-order valence-electron chi connectivity index (χ1n) is 10.6. The van der Waals surface area contributed by atoms with Gasteiger partial charge in [0, 0.05) is 39.4 Å². The Morgan fingerprint density at radius 2 is 2.06 bits per heavy atom. The van der Waals surface area contributed by atoms with E-state index in [0.29, 0.717) is 23.7 Å². The molecule has 1 unspecified atom stereocenters. The highest BCUT2D eigenvalue weighted by Gasteiger charge is 2.26. The molecule has 1 aromatic carbocycles. The molecule has 1 aliphatic rings. The molecule has 33 heavy (non-hydrogen) atoms. The van der Waals surface area contributed by atoms with Crippen LogP contribution in [0.4, 0.5) is 0 Å². The van der Waals surface area contributed by atoms with Crippen LogP contribution in [-0.2, 0) is 16.6 Å². The molecule has 1 N–H and O–H groups in total. The summed E-state index contributed by atoms with van der Waals surface area (Å²) >= 11 is 9.52. The lowest BCUT2D eigenvalue weighted by molar-refractivity contribution is -0.116. The zero-order valence-electron chi connectivity index (χ0n) is 18.9. The van der Waals surface area contributed by atoms with Crippen LogP contribution in [0.15, 0.2) is 36.5 Å². The molecular weight excluding hydrogens is 476 g/mol. The number of aromatic nitrogens is 1.